The van der Waals surface area contributed by atoms with Gasteiger partial charge in [0.25, 0.3) is 10.0 Å². The quantitative estimate of drug-likeness (QED) is 0.626. The molecule has 0 saturated carbocycles. The zero-order chi connectivity index (χ0) is 19.7. The number of hydrogen-bond acceptors (Lipinski definition) is 6. The maximum Gasteiger partial charge on any atom is 0.252 e. The van der Waals surface area contributed by atoms with E-state index in [-0.39, 0.29) is 4.21 Å². The summed E-state index contributed by atoms with van der Waals surface area (Å²) in [6, 6.07) is 15.1. The molecule has 0 aliphatic carbocycles. The number of thiophene rings is 1. The summed E-state index contributed by atoms with van der Waals surface area (Å²) >= 11 is 6.97. The summed E-state index contributed by atoms with van der Waals surface area (Å²) in [5, 5.41) is 8.73. The predicted octanol–water partition coefficient (Wildman–Crippen LogP) is 3.68. The first-order valence-electron chi connectivity index (χ1n) is 8.85. The third kappa shape index (κ3) is 3.77. The maximum absolute atomic E-state index is 12.7. The van der Waals surface area contributed by atoms with E-state index in [4.69, 9.17) is 11.6 Å². The lowest BCUT2D eigenvalue weighted by molar-refractivity contribution is 0.384. The van der Waals surface area contributed by atoms with Gasteiger partial charge in [-0.05, 0) is 36.8 Å². The summed E-state index contributed by atoms with van der Waals surface area (Å²) in [4.78, 5) is 2.06. The van der Waals surface area contributed by atoms with Crippen LogP contribution in [0.5, 0.6) is 0 Å². The van der Waals surface area contributed by atoms with Gasteiger partial charge in [-0.15, -0.1) is 21.5 Å². The van der Waals surface area contributed by atoms with Gasteiger partial charge in [-0.25, -0.2) is 8.42 Å². The van der Waals surface area contributed by atoms with Crippen molar-refractivity contribution >= 4 is 38.8 Å². The van der Waals surface area contributed by atoms with Crippen molar-refractivity contribution in [2.45, 2.75) is 11.1 Å². The molecule has 1 saturated heterocycles. The number of hydrogen-bond donors (Lipinski definition) is 0. The van der Waals surface area contributed by atoms with Crippen molar-refractivity contribution in [3.05, 3.63) is 58.4 Å². The zero-order valence-corrected chi connectivity index (χ0v) is 17.6. The first kappa shape index (κ1) is 19.3. The second-order valence-corrected chi connectivity index (χ2v) is 10.4. The minimum atomic E-state index is -3.49. The van der Waals surface area contributed by atoms with Crippen molar-refractivity contribution in [2.75, 3.05) is 31.1 Å². The van der Waals surface area contributed by atoms with Crippen LogP contribution in [-0.2, 0) is 10.0 Å². The van der Waals surface area contributed by atoms with Crippen molar-refractivity contribution in [3.63, 3.8) is 0 Å². The molecule has 3 aromatic rings. The minimum Gasteiger partial charge on any atom is -0.352 e. The molecule has 0 atom stereocenters. The maximum atomic E-state index is 12.7. The van der Waals surface area contributed by atoms with Crippen molar-refractivity contribution in [1.29, 1.82) is 0 Å². The van der Waals surface area contributed by atoms with E-state index in [1.165, 1.54) is 4.31 Å². The van der Waals surface area contributed by atoms with Gasteiger partial charge < -0.3 is 4.90 Å². The smallest absolute Gasteiger partial charge is 0.252 e. The lowest BCUT2D eigenvalue weighted by Crippen LogP contribution is -2.48. The van der Waals surface area contributed by atoms with E-state index in [9.17, 15) is 8.42 Å². The molecule has 2 aromatic heterocycles. The molecule has 28 heavy (non-hydrogen) atoms. The SMILES string of the molecule is Cc1ccccc1-c1ccc(N2CCN(S(=O)(=O)c3ccc(Cl)s3)CC2)nn1. The van der Waals surface area contributed by atoms with Crippen LogP contribution in [0.3, 0.4) is 0 Å². The van der Waals surface area contributed by atoms with Gasteiger partial charge in [0.15, 0.2) is 5.82 Å². The highest BCUT2D eigenvalue weighted by Gasteiger charge is 2.30. The standard InChI is InChI=1S/C19H19ClN4O2S2/c1-14-4-2-3-5-15(14)16-6-8-18(22-21-16)23-10-12-24(13-11-23)28(25,26)19-9-7-17(20)27-19/h2-9H,10-13H2,1H3. The third-order valence-corrected chi connectivity index (χ3v) is 8.37. The fraction of sp³-hybridized carbons (Fsp3) is 0.263. The Hall–Kier alpha value is -2.00. The van der Waals surface area contributed by atoms with Crippen molar-refractivity contribution in [1.82, 2.24) is 14.5 Å². The molecule has 1 aliphatic heterocycles. The minimum absolute atomic E-state index is 0.285. The lowest BCUT2D eigenvalue weighted by Gasteiger charge is -2.34. The molecule has 0 spiro atoms. The summed E-state index contributed by atoms with van der Waals surface area (Å²) in [5.41, 5.74) is 3.04. The molecule has 0 amide bonds. The van der Waals surface area contributed by atoms with Crippen LogP contribution in [0.25, 0.3) is 11.3 Å². The Morgan fingerprint density at radius 1 is 0.964 bits per heavy atom. The normalized spacial score (nSPS) is 15.7. The van der Waals surface area contributed by atoms with E-state index < -0.39 is 10.0 Å². The number of benzene rings is 1. The monoisotopic (exact) mass is 434 g/mol. The van der Waals surface area contributed by atoms with E-state index in [1.54, 1.807) is 12.1 Å². The molecule has 4 rings (SSSR count). The van der Waals surface area contributed by atoms with Crippen LogP contribution >= 0.6 is 22.9 Å². The Kier molecular flexibility index (Phi) is 5.37. The van der Waals surface area contributed by atoms with E-state index >= 15 is 0 Å². The molecule has 1 aromatic carbocycles. The highest BCUT2D eigenvalue weighted by molar-refractivity contribution is 7.91. The largest absolute Gasteiger partial charge is 0.352 e. The summed E-state index contributed by atoms with van der Waals surface area (Å²) in [7, 11) is -3.49. The van der Waals surface area contributed by atoms with Crippen molar-refractivity contribution in [3.8, 4) is 11.3 Å². The van der Waals surface area contributed by atoms with Gasteiger partial charge in [0, 0.05) is 31.7 Å². The van der Waals surface area contributed by atoms with Crippen LogP contribution in [0, 0.1) is 6.92 Å². The third-order valence-electron chi connectivity index (χ3n) is 4.78. The Morgan fingerprint density at radius 2 is 1.71 bits per heavy atom. The number of nitrogens with zero attached hydrogens (tertiary/aromatic N) is 4. The highest BCUT2D eigenvalue weighted by atomic mass is 35.5. The van der Waals surface area contributed by atoms with Crippen LogP contribution in [0.15, 0.2) is 52.7 Å². The molecule has 146 valence electrons. The van der Waals surface area contributed by atoms with Crippen LogP contribution in [0.1, 0.15) is 5.56 Å². The summed E-state index contributed by atoms with van der Waals surface area (Å²) in [6.45, 7) is 3.98. The summed E-state index contributed by atoms with van der Waals surface area (Å²) < 4.78 is 27.7. The first-order valence-corrected chi connectivity index (χ1v) is 11.5. The molecule has 1 fully saturated rings. The van der Waals surface area contributed by atoms with Gasteiger partial charge in [0.05, 0.1) is 10.0 Å². The topological polar surface area (TPSA) is 66.4 Å². The Bertz CT molecular complexity index is 1080. The van der Waals surface area contributed by atoms with E-state index in [0.717, 1.165) is 34.0 Å². The Morgan fingerprint density at radius 3 is 2.32 bits per heavy atom. The van der Waals surface area contributed by atoms with Gasteiger partial charge in [0.2, 0.25) is 0 Å². The Balaban J connectivity index is 1.45. The highest BCUT2D eigenvalue weighted by Crippen LogP contribution is 2.29. The number of piperazine rings is 1. The van der Waals surface area contributed by atoms with Crippen LogP contribution in [0.4, 0.5) is 5.82 Å². The first-order chi connectivity index (χ1) is 13.4. The van der Waals surface area contributed by atoms with E-state index in [2.05, 4.69) is 15.1 Å². The predicted molar refractivity (Wildman–Crippen MR) is 113 cm³/mol. The molecule has 9 heteroatoms. The number of aryl methyl sites for hydroxylation is 1. The zero-order valence-electron chi connectivity index (χ0n) is 15.2. The number of aromatic nitrogens is 2. The van der Waals surface area contributed by atoms with Crippen molar-refractivity contribution in [2.24, 2.45) is 0 Å². The number of anilines is 1. The van der Waals surface area contributed by atoms with E-state index in [0.29, 0.717) is 30.5 Å². The fourth-order valence-corrected chi connectivity index (χ4v) is 6.28. The second kappa shape index (κ2) is 7.79. The number of halogens is 1. The summed E-state index contributed by atoms with van der Waals surface area (Å²) in [5.74, 6) is 0.758. The molecule has 1 aliphatic rings. The molecule has 0 N–H and O–H groups in total. The number of rotatable bonds is 4. The van der Waals surface area contributed by atoms with Gasteiger partial charge in [0.1, 0.15) is 4.21 Å². The molecule has 6 nitrogen and oxygen atoms in total. The molecule has 0 bridgehead atoms. The van der Waals surface area contributed by atoms with Gasteiger partial charge in [-0.3, -0.25) is 0 Å². The fourth-order valence-electron chi connectivity index (χ4n) is 3.22. The lowest BCUT2D eigenvalue weighted by atomic mass is 10.1. The Labute approximate surface area is 173 Å². The average molecular weight is 435 g/mol. The average Bonchev–Trinajstić information content (AvgIpc) is 3.16. The second-order valence-electron chi connectivity index (χ2n) is 6.54. The molecule has 0 unspecified atom stereocenters. The van der Waals surface area contributed by atoms with Gasteiger partial charge in [-0.2, -0.15) is 4.31 Å². The molecule has 0 radical (unpaired) electrons. The number of sulfonamides is 1. The van der Waals surface area contributed by atoms with Gasteiger partial charge in [-0.1, -0.05) is 35.9 Å². The summed E-state index contributed by atoms with van der Waals surface area (Å²) in [6.07, 6.45) is 0. The van der Waals surface area contributed by atoms with Crippen LogP contribution in [-0.4, -0.2) is 49.1 Å². The molecular formula is C19H19ClN4O2S2. The molecule has 3 heterocycles. The van der Waals surface area contributed by atoms with Crippen LogP contribution < -0.4 is 4.90 Å². The van der Waals surface area contributed by atoms with Crippen LogP contribution in [0.2, 0.25) is 4.34 Å². The van der Waals surface area contributed by atoms with Gasteiger partial charge >= 0.3 is 0 Å². The molecular weight excluding hydrogens is 416 g/mol. The van der Waals surface area contributed by atoms with Crippen molar-refractivity contribution < 1.29 is 8.42 Å². The van der Waals surface area contributed by atoms with E-state index in [1.807, 2.05) is 43.3 Å².